The maximum Gasteiger partial charge on any atom is 0.386 e. The van der Waals surface area contributed by atoms with Gasteiger partial charge in [-0.2, -0.15) is 12.7 Å². The molecule has 0 fully saturated rings. The first kappa shape index (κ1) is 43.1. The fourth-order valence-corrected chi connectivity index (χ4v) is 8.96. The maximum atomic E-state index is 13.7. The number of fused-ring (bicyclic) bond motifs is 2. The molecule has 0 N–H and O–H groups in total. The minimum atomic E-state index is -4.21. The van der Waals surface area contributed by atoms with Gasteiger partial charge in [0.15, 0.2) is 0 Å². The van der Waals surface area contributed by atoms with Crippen LogP contribution in [0.5, 0.6) is 23.0 Å². The van der Waals surface area contributed by atoms with Gasteiger partial charge in [0.1, 0.15) is 35.1 Å². The summed E-state index contributed by atoms with van der Waals surface area (Å²) < 4.78 is 64.7. The number of rotatable bonds is 19. The van der Waals surface area contributed by atoms with Crippen LogP contribution in [0.3, 0.4) is 0 Å². The molecule has 0 amide bonds. The van der Waals surface area contributed by atoms with Gasteiger partial charge in [-0.3, -0.25) is 4.79 Å². The summed E-state index contributed by atoms with van der Waals surface area (Å²) in [6.45, 7) is 8.04. The second kappa shape index (κ2) is 19.6. The van der Waals surface area contributed by atoms with E-state index in [2.05, 4.69) is 10.3 Å². The number of aromatic nitrogens is 3. The van der Waals surface area contributed by atoms with Crippen LogP contribution < -0.4 is 18.4 Å². The Bertz CT molecular complexity index is 2550. The first-order chi connectivity index (χ1) is 29.6. The summed E-state index contributed by atoms with van der Waals surface area (Å²) in [5.41, 5.74) is 7.57. The Hall–Kier alpha value is -5.96. The highest BCUT2D eigenvalue weighted by Gasteiger charge is 2.37. The molecular weight excluding hydrogens is 797 g/mol. The van der Waals surface area contributed by atoms with Crippen LogP contribution in [0.1, 0.15) is 84.0 Å². The lowest BCUT2D eigenvalue weighted by atomic mass is 9.84. The van der Waals surface area contributed by atoms with Crippen molar-refractivity contribution in [1.82, 2.24) is 19.3 Å². The van der Waals surface area contributed by atoms with Crippen molar-refractivity contribution < 1.29 is 41.1 Å². The SMILES string of the molecule is CCOC(=O)CC(c1ccc(OC)c([C@@H](C)N2Cc3cc(OCc4ccccc4)ccc3OS2(=O)=O)c1)c1ccc2c(nnn2CCCCOCc2ccc(OC)cc2)c1C. The minimum absolute atomic E-state index is 0.0448. The number of methoxy groups -OCH3 is 2. The van der Waals surface area contributed by atoms with Gasteiger partial charge >= 0.3 is 16.3 Å². The molecule has 14 heteroatoms. The molecule has 0 bridgehead atoms. The molecule has 2 atom stereocenters. The van der Waals surface area contributed by atoms with Crippen molar-refractivity contribution in [3.63, 3.8) is 0 Å². The normalized spacial score (nSPS) is 14.4. The maximum absolute atomic E-state index is 13.7. The molecule has 320 valence electrons. The molecule has 6 aromatic rings. The van der Waals surface area contributed by atoms with Crippen LogP contribution in [-0.2, 0) is 50.9 Å². The summed E-state index contributed by atoms with van der Waals surface area (Å²) in [7, 11) is -1.01. The number of benzene rings is 5. The number of aryl methyl sites for hydroxylation is 2. The summed E-state index contributed by atoms with van der Waals surface area (Å²) in [5, 5.41) is 9.08. The average Bonchev–Trinajstić information content (AvgIpc) is 3.69. The Kier molecular flexibility index (Phi) is 13.9. The molecule has 0 radical (unpaired) electrons. The van der Waals surface area contributed by atoms with Crippen molar-refractivity contribution >= 4 is 27.3 Å². The molecular formula is C47H52N4O9S. The van der Waals surface area contributed by atoms with Crippen LogP contribution in [0.15, 0.2) is 103 Å². The number of nitrogens with zero attached hydrogens (tertiary/aromatic N) is 4. The van der Waals surface area contributed by atoms with E-state index in [0.29, 0.717) is 49.0 Å². The zero-order valence-corrected chi connectivity index (χ0v) is 36.0. The number of hydrogen-bond acceptors (Lipinski definition) is 11. The molecule has 2 heterocycles. The van der Waals surface area contributed by atoms with Gasteiger partial charge in [-0.05, 0) is 110 Å². The van der Waals surface area contributed by atoms with Crippen LogP contribution >= 0.6 is 0 Å². The highest BCUT2D eigenvalue weighted by molar-refractivity contribution is 7.84. The summed E-state index contributed by atoms with van der Waals surface area (Å²) in [4.78, 5) is 13.2. The molecule has 0 saturated carbocycles. The molecule has 1 aliphatic rings. The van der Waals surface area contributed by atoms with Gasteiger partial charge in [0.2, 0.25) is 0 Å². The monoisotopic (exact) mass is 848 g/mol. The summed E-state index contributed by atoms with van der Waals surface area (Å²) >= 11 is 0. The second-order valence-corrected chi connectivity index (χ2v) is 16.4. The predicted molar refractivity (Wildman–Crippen MR) is 231 cm³/mol. The number of carbonyl (C=O) groups excluding carboxylic acids is 1. The van der Waals surface area contributed by atoms with Gasteiger partial charge < -0.3 is 27.9 Å². The van der Waals surface area contributed by atoms with E-state index >= 15 is 0 Å². The van der Waals surface area contributed by atoms with Crippen LogP contribution in [0, 0.1) is 6.92 Å². The average molecular weight is 849 g/mol. The number of unbranched alkanes of at least 4 members (excludes halogenated alkanes) is 1. The number of carbonyl (C=O) groups is 1. The fraction of sp³-hybridized carbons (Fsp3) is 0.340. The van der Waals surface area contributed by atoms with Crippen molar-refractivity contribution in [3.05, 3.63) is 142 Å². The highest BCUT2D eigenvalue weighted by Crippen LogP contribution is 2.42. The number of ether oxygens (including phenoxy) is 5. The van der Waals surface area contributed by atoms with E-state index in [-0.39, 0.29) is 31.3 Å². The van der Waals surface area contributed by atoms with Crippen molar-refractivity contribution in [1.29, 1.82) is 0 Å². The zero-order chi connectivity index (χ0) is 42.9. The Morgan fingerprint density at radius 3 is 2.38 bits per heavy atom. The lowest BCUT2D eigenvalue weighted by Gasteiger charge is -2.33. The van der Waals surface area contributed by atoms with Crippen LogP contribution in [0.25, 0.3) is 11.0 Å². The molecule has 0 spiro atoms. The molecule has 1 unspecified atom stereocenters. The van der Waals surface area contributed by atoms with Gasteiger partial charge in [-0.15, -0.1) is 5.10 Å². The lowest BCUT2D eigenvalue weighted by Crippen LogP contribution is -2.39. The highest BCUT2D eigenvalue weighted by atomic mass is 32.2. The molecule has 0 saturated heterocycles. The van der Waals surface area contributed by atoms with E-state index in [1.54, 1.807) is 40.2 Å². The van der Waals surface area contributed by atoms with Gasteiger partial charge in [-0.1, -0.05) is 59.8 Å². The molecule has 13 nitrogen and oxygen atoms in total. The molecule has 1 aliphatic heterocycles. The Morgan fingerprint density at radius 1 is 0.852 bits per heavy atom. The lowest BCUT2D eigenvalue weighted by molar-refractivity contribution is -0.143. The van der Waals surface area contributed by atoms with Crippen LogP contribution in [0.4, 0.5) is 0 Å². The Balaban J connectivity index is 1.10. The number of esters is 1. The van der Waals surface area contributed by atoms with Crippen LogP contribution in [0.2, 0.25) is 0 Å². The third-order valence-electron chi connectivity index (χ3n) is 11.0. The smallest absolute Gasteiger partial charge is 0.386 e. The third-order valence-corrected chi connectivity index (χ3v) is 12.4. The first-order valence-corrected chi connectivity index (χ1v) is 21.8. The predicted octanol–water partition coefficient (Wildman–Crippen LogP) is 8.62. The van der Waals surface area contributed by atoms with Gasteiger partial charge in [0.05, 0.1) is 45.4 Å². The van der Waals surface area contributed by atoms with Crippen molar-refractivity contribution in [2.75, 3.05) is 27.4 Å². The second-order valence-electron chi connectivity index (χ2n) is 14.9. The van der Waals surface area contributed by atoms with Crippen molar-refractivity contribution in [2.45, 2.75) is 78.3 Å². The van der Waals surface area contributed by atoms with Crippen LogP contribution in [-0.4, -0.2) is 61.1 Å². The molecule has 61 heavy (non-hydrogen) atoms. The molecule has 1 aromatic heterocycles. The number of hydrogen-bond donors (Lipinski definition) is 0. The fourth-order valence-electron chi connectivity index (χ4n) is 7.68. The van der Waals surface area contributed by atoms with Gasteiger partial charge in [0.25, 0.3) is 0 Å². The topological polar surface area (TPSA) is 141 Å². The molecule has 0 aliphatic carbocycles. The van der Waals surface area contributed by atoms with E-state index in [1.807, 2.05) is 103 Å². The molecule has 7 rings (SSSR count). The standard InChI is InChI=1S/C47H52N4O9S/c1-6-58-46(52)28-42(40-20-21-43-47(32(40)2)48-49-50(43)24-10-11-25-57-30-35-14-17-38(55-4)18-15-35)36-16-22-45(56-5)41(27-36)33(3)51-29-37-26-39(19-23-44(37)60-61(51,53)54)59-31-34-12-8-7-9-13-34/h7-9,12-23,26-27,33,42H,6,10-11,24-25,28-31H2,1-5H3/t33-,42?/m1/s1. The summed E-state index contributed by atoms with van der Waals surface area (Å²) in [6, 6.07) is 31.7. The van der Waals surface area contributed by atoms with E-state index < -0.39 is 22.3 Å². The van der Waals surface area contributed by atoms with Gasteiger partial charge in [0, 0.05) is 36.7 Å². The minimum Gasteiger partial charge on any atom is -0.497 e. The van der Waals surface area contributed by atoms with E-state index in [1.165, 1.54) is 4.31 Å². The Morgan fingerprint density at radius 2 is 1.62 bits per heavy atom. The van der Waals surface area contributed by atoms with Crippen molar-refractivity contribution in [2.24, 2.45) is 0 Å². The van der Waals surface area contributed by atoms with E-state index in [9.17, 15) is 13.2 Å². The Labute approximate surface area is 357 Å². The third kappa shape index (κ3) is 10.2. The quantitative estimate of drug-likeness (QED) is 0.0572. The first-order valence-electron chi connectivity index (χ1n) is 20.5. The van der Waals surface area contributed by atoms with Gasteiger partial charge in [-0.25, -0.2) is 4.68 Å². The molecule has 5 aromatic carbocycles. The summed E-state index contributed by atoms with van der Waals surface area (Å²) in [6.07, 6.45) is 1.76. The van der Waals surface area contributed by atoms with Crippen molar-refractivity contribution in [3.8, 4) is 23.0 Å². The summed E-state index contributed by atoms with van der Waals surface area (Å²) in [5.74, 6) is 1.35. The van der Waals surface area contributed by atoms with E-state index in [0.717, 1.165) is 57.4 Å². The largest absolute Gasteiger partial charge is 0.497 e. The zero-order valence-electron chi connectivity index (χ0n) is 35.2. The van der Waals surface area contributed by atoms with E-state index in [4.69, 9.17) is 27.9 Å².